The number of rotatable bonds is 12. The van der Waals surface area contributed by atoms with Gasteiger partial charge in [-0.2, -0.15) is 16.3 Å². The van der Waals surface area contributed by atoms with Crippen LogP contribution < -0.4 is 0 Å². The van der Waals surface area contributed by atoms with Crippen LogP contribution in [0.5, 0.6) is 0 Å². The largest absolute Gasteiger partial charge is 0.676 e. The number of nitrogens with one attached hydrogen (secondary N) is 2. The molecule has 0 saturated heterocycles. The number of hydrogen-bond donors (Lipinski definition) is 1. The maximum atomic E-state index is 12.0. The van der Waals surface area contributed by atoms with Crippen molar-refractivity contribution in [2.45, 2.75) is 156 Å². The maximum Gasteiger partial charge on any atom is 0.323 e. The molecule has 4 N–H and O–H groups in total. The predicted octanol–water partition coefficient (Wildman–Crippen LogP) is 9.86. The number of fused-ring (bicyclic) bond motifs is 5. The van der Waals surface area contributed by atoms with Crippen LogP contribution >= 0.6 is 0 Å². The monoisotopic (exact) mass is 858 g/mol. The third-order valence-electron chi connectivity index (χ3n) is 13.3. The first kappa shape index (κ1) is 41.2. The number of carbonyl (C=O) groups is 1. The van der Waals surface area contributed by atoms with Crippen LogP contribution in [0, 0.1) is 46.3 Å². The Bertz CT molecular complexity index is 1140. The van der Waals surface area contributed by atoms with Crippen molar-refractivity contribution in [2.75, 3.05) is 18.1 Å². The SMILES string of the molecule is CC(C)CCC[C@@H](C)[C@H]1CCC2C3CC=C4C[C@@H](OCCCS(=O)(=[OH+])CC(=O)O)CC[C@]4(C)C3CC[C@@]21C.[NH-]C1CCCCC1[NH-].[Pt]. The number of ether oxygens (including phenoxy) is 1. The van der Waals surface area contributed by atoms with Crippen molar-refractivity contribution < 1.29 is 44.1 Å². The molecule has 0 amide bonds. The normalized spacial score (nSPS) is 38.3. The predicted molar refractivity (Wildman–Crippen MR) is 190 cm³/mol. The smallest absolute Gasteiger partial charge is 0.323 e. The number of carboxylic acid groups (broad SMARTS) is 1. The Labute approximate surface area is 301 Å². The fourth-order valence-electron chi connectivity index (χ4n) is 10.7. The Hall–Kier alpha value is -0.272. The molecule has 0 radical (unpaired) electrons. The molecule has 0 spiro atoms. The van der Waals surface area contributed by atoms with Gasteiger partial charge in [-0.15, -0.1) is 0 Å². The number of allylic oxidation sites excluding steroid dienone is 1. The Morgan fingerprint density at radius 3 is 2.30 bits per heavy atom. The van der Waals surface area contributed by atoms with Crippen molar-refractivity contribution >= 4 is 15.8 Å². The average molecular weight is 859 g/mol. The van der Waals surface area contributed by atoms with Crippen LogP contribution in [0.1, 0.15) is 137 Å². The van der Waals surface area contributed by atoms with E-state index < -0.39 is 21.6 Å². The van der Waals surface area contributed by atoms with Crippen molar-refractivity contribution in [1.29, 1.82) is 0 Å². The zero-order valence-corrected chi connectivity index (χ0v) is 33.1. The molecule has 0 aromatic carbocycles. The number of carboxylic acids is 1. The summed E-state index contributed by atoms with van der Waals surface area (Å²) in [6.07, 6.45) is 21.7. The van der Waals surface area contributed by atoms with Crippen molar-refractivity contribution in [1.82, 2.24) is 0 Å². The van der Waals surface area contributed by atoms with E-state index in [1.54, 1.807) is 5.57 Å². The minimum absolute atomic E-state index is 0. The molecule has 5 aliphatic rings. The topological polar surface area (TPSA) is 133 Å². The molecule has 11 atom stereocenters. The van der Waals surface area contributed by atoms with Crippen LogP contribution in [-0.2, 0) is 40.4 Å². The molecule has 4 fully saturated rings. The summed E-state index contributed by atoms with van der Waals surface area (Å²) >= 11 is 0. The molecular formula is C38H67N2O5PtS-. The molecule has 6 unspecified atom stereocenters. The van der Waals surface area contributed by atoms with Gasteiger partial charge in [-0.1, -0.05) is 91.2 Å². The summed E-state index contributed by atoms with van der Waals surface area (Å²) in [6.45, 7) is 12.9. The molecule has 0 aromatic heterocycles. The van der Waals surface area contributed by atoms with E-state index in [1.807, 2.05) is 0 Å². The van der Waals surface area contributed by atoms with Crippen LogP contribution in [0.25, 0.3) is 11.5 Å². The zero-order valence-electron chi connectivity index (χ0n) is 30.1. The first-order chi connectivity index (χ1) is 21.7. The minimum atomic E-state index is -3.30. The van der Waals surface area contributed by atoms with Crippen molar-refractivity contribution in [3.8, 4) is 0 Å². The molecule has 5 rings (SSSR count). The molecule has 7 nitrogen and oxygen atoms in total. The molecule has 0 aromatic rings. The van der Waals surface area contributed by atoms with Crippen LogP contribution in [-0.4, -0.2) is 55.8 Å². The van der Waals surface area contributed by atoms with Gasteiger partial charge in [0.2, 0.25) is 0 Å². The van der Waals surface area contributed by atoms with E-state index in [1.165, 1.54) is 70.6 Å². The summed E-state index contributed by atoms with van der Waals surface area (Å²) in [7, 11) is -3.30. The Morgan fingerprint density at radius 2 is 1.68 bits per heavy atom. The third kappa shape index (κ3) is 10.4. The molecule has 47 heavy (non-hydrogen) atoms. The second-order valence-electron chi connectivity index (χ2n) is 16.9. The van der Waals surface area contributed by atoms with Gasteiger partial charge in [-0.25, -0.2) is 4.21 Å². The van der Waals surface area contributed by atoms with Crippen LogP contribution in [0.4, 0.5) is 0 Å². The van der Waals surface area contributed by atoms with Crippen molar-refractivity contribution in [2.24, 2.45) is 46.3 Å². The van der Waals surface area contributed by atoms with Gasteiger partial charge in [-0.3, -0.25) is 4.79 Å². The number of hydrogen-bond acceptors (Lipinski definition) is 3. The van der Waals surface area contributed by atoms with Gasteiger partial charge >= 0.3 is 5.97 Å². The summed E-state index contributed by atoms with van der Waals surface area (Å²) in [5.41, 5.74) is 17.0. The summed E-state index contributed by atoms with van der Waals surface area (Å²) in [5.74, 6) is 3.16. The first-order valence-corrected chi connectivity index (χ1v) is 20.7. The van der Waals surface area contributed by atoms with E-state index in [0.29, 0.717) is 23.9 Å². The van der Waals surface area contributed by atoms with Crippen LogP contribution in [0.3, 0.4) is 0 Å². The van der Waals surface area contributed by atoms with Gasteiger partial charge in [0.25, 0.3) is 9.84 Å². The fourth-order valence-corrected chi connectivity index (χ4v) is 11.8. The summed E-state index contributed by atoms with van der Waals surface area (Å²) in [6, 6.07) is -0.160. The molecular weight excluding hydrogens is 792 g/mol. The third-order valence-corrected chi connectivity index (χ3v) is 15.0. The quantitative estimate of drug-likeness (QED) is 0.119. The van der Waals surface area contributed by atoms with Gasteiger partial charge in [0.15, 0.2) is 5.75 Å². The van der Waals surface area contributed by atoms with E-state index in [-0.39, 0.29) is 45.0 Å². The van der Waals surface area contributed by atoms with Gasteiger partial charge in [0.1, 0.15) is 0 Å². The van der Waals surface area contributed by atoms with Crippen LogP contribution in [0.15, 0.2) is 11.6 Å². The Kier molecular flexibility index (Phi) is 15.6. The summed E-state index contributed by atoms with van der Waals surface area (Å²) in [4.78, 5) is 10.8. The minimum Gasteiger partial charge on any atom is -0.676 e. The van der Waals surface area contributed by atoms with Crippen LogP contribution in [0.2, 0.25) is 0 Å². The first-order valence-electron chi connectivity index (χ1n) is 18.8. The van der Waals surface area contributed by atoms with E-state index in [9.17, 15) is 13.2 Å². The second-order valence-corrected chi connectivity index (χ2v) is 19.1. The van der Waals surface area contributed by atoms with E-state index in [2.05, 4.69) is 40.7 Å². The molecule has 0 heterocycles. The second kappa shape index (κ2) is 17.8. The molecule has 0 bridgehead atoms. The zero-order chi connectivity index (χ0) is 33.7. The standard InChI is InChI=1S/C32H54O5S.C6H12N2.Pt/c1-22(2)8-6-9-23(3)27-12-13-28-26-11-10-24-20-25(37-18-7-19-38(35,36)21-30(33)34)14-16-31(24,4)29(26)15-17-32(27,28)5;7-5-3-1-2-4-6(5)8;/h10,22-23,25-29H,6-9,11-21H2,1-5H3,(H,33,34);5-8H,1-4H2;/q;-2;/p+1/t23-,25+,26?,27-,28?,29?,31+,32-;;/m1../s1. The molecule has 5 aliphatic carbocycles. The Balaban J connectivity index is 0.000000583. The van der Waals surface area contributed by atoms with Gasteiger partial charge in [0.05, 0.1) is 11.9 Å². The maximum absolute atomic E-state index is 12.0. The van der Waals surface area contributed by atoms with E-state index in [4.69, 9.17) is 21.3 Å². The van der Waals surface area contributed by atoms with E-state index in [0.717, 1.165) is 61.2 Å². The summed E-state index contributed by atoms with van der Waals surface area (Å²) in [5, 5.41) is 8.80. The van der Waals surface area contributed by atoms with Crippen molar-refractivity contribution in [3.05, 3.63) is 23.1 Å². The molecule has 4 saturated carbocycles. The van der Waals surface area contributed by atoms with Gasteiger partial charge < -0.3 is 21.3 Å². The van der Waals surface area contributed by atoms with Gasteiger partial charge in [0, 0.05) is 27.7 Å². The fraction of sp³-hybridized carbons (Fsp3) is 0.921. The summed E-state index contributed by atoms with van der Waals surface area (Å²) < 4.78 is 27.9. The molecule has 9 heteroatoms. The Morgan fingerprint density at radius 1 is 1.00 bits per heavy atom. The van der Waals surface area contributed by atoms with Gasteiger partial charge in [-0.05, 0) is 104 Å². The van der Waals surface area contributed by atoms with E-state index >= 15 is 0 Å². The van der Waals surface area contributed by atoms with Crippen molar-refractivity contribution in [3.63, 3.8) is 0 Å². The average Bonchev–Trinajstić information content (AvgIpc) is 3.34. The molecule has 276 valence electrons. The number of aliphatic carboxylic acids is 1. The molecule has 0 aliphatic heterocycles.